The minimum absolute atomic E-state index is 0.128. The van der Waals surface area contributed by atoms with Crippen LogP contribution >= 0.6 is 0 Å². The van der Waals surface area contributed by atoms with Gasteiger partial charge in [0.25, 0.3) is 5.91 Å². The van der Waals surface area contributed by atoms with Crippen molar-refractivity contribution in [2.45, 2.75) is 44.7 Å². The Morgan fingerprint density at radius 1 is 1.27 bits per heavy atom. The van der Waals surface area contributed by atoms with Gasteiger partial charge in [-0.3, -0.25) is 9.78 Å². The smallest absolute Gasteiger partial charge is 0.406 e. The molecule has 37 heavy (non-hydrogen) atoms. The Balaban J connectivity index is 1.55. The number of pyridine rings is 1. The summed E-state index contributed by atoms with van der Waals surface area (Å²) in [7, 11) is 1.53. The van der Waals surface area contributed by atoms with E-state index in [1.165, 1.54) is 13.2 Å². The molecule has 5 N–H and O–H groups in total. The maximum atomic E-state index is 13.1. The summed E-state index contributed by atoms with van der Waals surface area (Å²) >= 11 is 0. The Bertz CT molecular complexity index is 1330. The monoisotopic (exact) mass is 504 g/mol. The summed E-state index contributed by atoms with van der Waals surface area (Å²) in [5, 5.41) is 22.4. The number of rotatable bonds is 9. The lowest BCUT2D eigenvalue weighted by atomic mass is 9.80. The van der Waals surface area contributed by atoms with Gasteiger partial charge in [0.1, 0.15) is 6.07 Å². The van der Waals surface area contributed by atoms with E-state index in [-0.39, 0.29) is 23.4 Å². The van der Waals surface area contributed by atoms with Gasteiger partial charge in [0, 0.05) is 31.4 Å². The van der Waals surface area contributed by atoms with E-state index in [1.807, 2.05) is 32.0 Å². The van der Waals surface area contributed by atoms with Crippen molar-refractivity contribution in [2.24, 2.45) is 11.7 Å². The molecule has 0 aliphatic heterocycles. The molecule has 0 spiro atoms. The molecule has 11 nitrogen and oxygen atoms in total. The van der Waals surface area contributed by atoms with Crippen molar-refractivity contribution in [3.05, 3.63) is 47.8 Å². The van der Waals surface area contributed by atoms with Crippen LogP contribution in [0.25, 0.3) is 16.9 Å². The molecule has 2 amide bonds. The molecule has 0 bridgehead atoms. The fraction of sp³-hybridized carbons (Fsp3) is 0.423. The maximum Gasteiger partial charge on any atom is 0.406 e. The van der Waals surface area contributed by atoms with Crippen LogP contribution in [0.2, 0.25) is 0 Å². The van der Waals surface area contributed by atoms with Crippen LogP contribution in [-0.2, 0) is 4.74 Å². The third kappa shape index (κ3) is 6.34. The lowest BCUT2D eigenvalue weighted by Gasteiger charge is -2.36. The number of aromatic nitrogens is 3. The van der Waals surface area contributed by atoms with E-state index in [4.69, 9.17) is 15.7 Å². The molecule has 1 aliphatic carbocycles. The minimum Gasteiger partial charge on any atom is -0.449 e. The first-order valence-electron chi connectivity index (χ1n) is 12.2. The topological polar surface area (TPSA) is 159 Å². The highest BCUT2D eigenvalue weighted by atomic mass is 16.5. The molecule has 4 rings (SSSR count). The summed E-state index contributed by atoms with van der Waals surface area (Å²) in [5.41, 5.74) is 9.38. The third-order valence-electron chi connectivity index (χ3n) is 6.34. The SMILES string of the molecule is CNC(=O)OCC1CC(Nc2cc(-c3ccc4cc(C#N)cnn34)ncc2C(=O)NCCC(C)(C)N)C1. The van der Waals surface area contributed by atoms with E-state index in [0.29, 0.717) is 42.1 Å². The van der Waals surface area contributed by atoms with E-state index in [2.05, 4.69) is 32.1 Å². The van der Waals surface area contributed by atoms with Crippen molar-refractivity contribution in [1.29, 1.82) is 5.26 Å². The summed E-state index contributed by atoms with van der Waals surface area (Å²) < 4.78 is 6.87. The highest BCUT2D eigenvalue weighted by Crippen LogP contribution is 2.33. The fourth-order valence-corrected chi connectivity index (χ4v) is 4.22. The molecule has 11 heteroatoms. The number of ether oxygens (including phenoxy) is 1. The molecular formula is C26H32N8O3. The zero-order chi connectivity index (χ0) is 26.6. The zero-order valence-electron chi connectivity index (χ0n) is 21.2. The molecule has 3 heterocycles. The number of nitriles is 1. The van der Waals surface area contributed by atoms with Crippen LogP contribution in [0.1, 0.15) is 49.0 Å². The van der Waals surface area contributed by atoms with Crippen LogP contribution < -0.4 is 21.7 Å². The number of anilines is 1. The van der Waals surface area contributed by atoms with Gasteiger partial charge in [-0.1, -0.05) is 0 Å². The third-order valence-corrected chi connectivity index (χ3v) is 6.34. The first kappa shape index (κ1) is 25.9. The zero-order valence-corrected chi connectivity index (χ0v) is 21.2. The van der Waals surface area contributed by atoms with E-state index >= 15 is 0 Å². The van der Waals surface area contributed by atoms with Crippen molar-refractivity contribution < 1.29 is 14.3 Å². The number of carbonyl (C=O) groups is 2. The van der Waals surface area contributed by atoms with Crippen molar-refractivity contribution in [2.75, 3.05) is 25.5 Å². The van der Waals surface area contributed by atoms with Gasteiger partial charge in [0.2, 0.25) is 0 Å². The fourth-order valence-electron chi connectivity index (χ4n) is 4.22. The number of fused-ring (bicyclic) bond motifs is 1. The van der Waals surface area contributed by atoms with Crippen LogP contribution in [-0.4, -0.2) is 58.4 Å². The predicted octanol–water partition coefficient (Wildman–Crippen LogP) is 2.67. The Hall–Kier alpha value is -4.17. The second-order valence-corrected chi connectivity index (χ2v) is 10.0. The molecule has 0 saturated heterocycles. The molecule has 1 saturated carbocycles. The number of hydrogen-bond acceptors (Lipinski definition) is 8. The molecule has 3 aromatic rings. The summed E-state index contributed by atoms with van der Waals surface area (Å²) in [4.78, 5) is 29.0. The molecule has 3 aromatic heterocycles. The predicted molar refractivity (Wildman–Crippen MR) is 139 cm³/mol. The Morgan fingerprint density at radius 3 is 2.76 bits per heavy atom. The van der Waals surface area contributed by atoms with Gasteiger partial charge in [-0.2, -0.15) is 10.4 Å². The molecule has 0 aromatic carbocycles. The number of nitrogens with one attached hydrogen (secondary N) is 3. The summed E-state index contributed by atoms with van der Waals surface area (Å²) in [5.74, 6) is 0.0229. The normalized spacial score (nSPS) is 16.9. The molecular weight excluding hydrogens is 472 g/mol. The van der Waals surface area contributed by atoms with E-state index in [9.17, 15) is 9.59 Å². The van der Waals surface area contributed by atoms with Crippen molar-refractivity contribution in [1.82, 2.24) is 25.2 Å². The Morgan fingerprint density at radius 2 is 2.05 bits per heavy atom. The summed E-state index contributed by atoms with van der Waals surface area (Å²) in [6.45, 7) is 4.63. The minimum atomic E-state index is -0.440. The average molecular weight is 505 g/mol. The largest absolute Gasteiger partial charge is 0.449 e. The maximum absolute atomic E-state index is 13.1. The van der Waals surface area contributed by atoms with Crippen LogP contribution in [0.5, 0.6) is 0 Å². The molecule has 0 atom stereocenters. The molecule has 0 unspecified atom stereocenters. The number of nitrogens with two attached hydrogens (primary N) is 1. The van der Waals surface area contributed by atoms with Crippen molar-refractivity contribution in [3.63, 3.8) is 0 Å². The van der Waals surface area contributed by atoms with E-state index < -0.39 is 6.09 Å². The second-order valence-electron chi connectivity index (χ2n) is 10.0. The first-order valence-corrected chi connectivity index (χ1v) is 12.2. The molecule has 194 valence electrons. The van der Waals surface area contributed by atoms with Crippen LogP contribution in [0.15, 0.2) is 36.7 Å². The van der Waals surface area contributed by atoms with E-state index in [0.717, 1.165) is 24.1 Å². The summed E-state index contributed by atoms with van der Waals surface area (Å²) in [6.07, 6.45) is 4.88. The standard InChI is InChI=1S/C26H32N8O3/c1-26(2,28)6-7-30-24(35)20-14-31-22(23-5-4-19-10-17(12-27)13-32-34(19)23)11-21(20)33-18-8-16(9-18)15-37-25(36)29-3/h4-5,10-11,13-14,16,18H,6-9,15,28H2,1-3H3,(H,29,36)(H,30,35)(H,31,33). The van der Waals surface area contributed by atoms with Gasteiger partial charge in [0.05, 0.1) is 46.5 Å². The lowest BCUT2D eigenvalue weighted by molar-refractivity contribution is 0.0947. The van der Waals surface area contributed by atoms with Crippen LogP contribution in [0.3, 0.4) is 0 Å². The van der Waals surface area contributed by atoms with Gasteiger partial charge in [-0.15, -0.1) is 0 Å². The molecule has 1 aliphatic rings. The van der Waals surface area contributed by atoms with Gasteiger partial charge in [-0.05, 0) is 63.3 Å². The van der Waals surface area contributed by atoms with Gasteiger partial charge in [-0.25, -0.2) is 9.31 Å². The van der Waals surface area contributed by atoms with Crippen molar-refractivity contribution >= 4 is 23.2 Å². The highest BCUT2D eigenvalue weighted by molar-refractivity contribution is 6.00. The number of alkyl carbamates (subject to hydrolysis) is 1. The highest BCUT2D eigenvalue weighted by Gasteiger charge is 2.31. The van der Waals surface area contributed by atoms with Crippen LogP contribution in [0, 0.1) is 17.2 Å². The number of hydrogen-bond donors (Lipinski definition) is 4. The first-order chi connectivity index (χ1) is 17.7. The average Bonchev–Trinajstić information content (AvgIpc) is 3.27. The summed E-state index contributed by atoms with van der Waals surface area (Å²) in [6, 6.07) is 9.58. The van der Waals surface area contributed by atoms with E-state index in [1.54, 1.807) is 16.8 Å². The van der Waals surface area contributed by atoms with Crippen LogP contribution in [0.4, 0.5) is 10.5 Å². The number of amides is 2. The number of carbonyl (C=O) groups excluding carboxylic acids is 2. The lowest BCUT2D eigenvalue weighted by Crippen LogP contribution is -2.40. The second kappa shape index (κ2) is 10.8. The number of nitrogens with zero attached hydrogens (tertiary/aromatic N) is 4. The van der Waals surface area contributed by atoms with Gasteiger partial charge in [0.15, 0.2) is 0 Å². The Kier molecular flexibility index (Phi) is 7.59. The van der Waals surface area contributed by atoms with Crippen molar-refractivity contribution in [3.8, 4) is 17.5 Å². The van der Waals surface area contributed by atoms with Gasteiger partial charge < -0.3 is 26.4 Å². The molecule has 0 radical (unpaired) electrons. The Labute approximate surface area is 215 Å². The van der Waals surface area contributed by atoms with Gasteiger partial charge >= 0.3 is 6.09 Å². The quantitative estimate of drug-likeness (QED) is 0.346. The molecule has 1 fully saturated rings.